The van der Waals surface area contributed by atoms with Gasteiger partial charge in [0.15, 0.2) is 6.29 Å². The highest BCUT2D eigenvalue weighted by Gasteiger charge is 2.36. The number of nitrogens with zero attached hydrogens (tertiary/aromatic N) is 1. The van der Waals surface area contributed by atoms with Crippen LogP contribution in [0.2, 0.25) is 0 Å². The molecule has 1 aliphatic rings. The molecular formula is C11H15NO2S. The van der Waals surface area contributed by atoms with Crippen LogP contribution in [0.4, 0.5) is 5.00 Å². The number of hydrogen-bond acceptors (Lipinski definition) is 4. The van der Waals surface area contributed by atoms with Crippen molar-refractivity contribution < 1.29 is 9.90 Å². The van der Waals surface area contributed by atoms with Crippen molar-refractivity contribution in [1.29, 1.82) is 0 Å². The zero-order valence-electron chi connectivity index (χ0n) is 8.77. The molecule has 1 saturated heterocycles. The SMILES string of the molecule is CC1(CO)CCCN1c1ccc(C=O)s1. The average molecular weight is 225 g/mol. The maximum atomic E-state index is 10.6. The van der Waals surface area contributed by atoms with E-state index in [9.17, 15) is 9.90 Å². The van der Waals surface area contributed by atoms with Gasteiger partial charge in [0.25, 0.3) is 0 Å². The van der Waals surface area contributed by atoms with Gasteiger partial charge in [0.2, 0.25) is 0 Å². The summed E-state index contributed by atoms with van der Waals surface area (Å²) in [7, 11) is 0. The number of rotatable bonds is 3. The highest BCUT2D eigenvalue weighted by Crippen LogP contribution is 2.37. The summed E-state index contributed by atoms with van der Waals surface area (Å²) in [6.07, 6.45) is 2.99. The van der Waals surface area contributed by atoms with E-state index in [1.807, 2.05) is 12.1 Å². The van der Waals surface area contributed by atoms with Crippen LogP contribution >= 0.6 is 11.3 Å². The van der Waals surface area contributed by atoms with Crippen LogP contribution in [0.25, 0.3) is 0 Å². The number of aliphatic hydroxyl groups is 1. The lowest BCUT2D eigenvalue weighted by Crippen LogP contribution is -2.44. The third-order valence-electron chi connectivity index (χ3n) is 3.08. The largest absolute Gasteiger partial charge is 0.394 e. The van der Waals surface area contributed by atoms with Crippen molar-refractivity contribution in [2.45, 2.75) is 25.3 Å². The fraction of sp³-hybridized carbons (Fsp3) is 0.545. The van der Waals surface area contributed by atoms with Gasteiger partial charge in [-0.2, -0.15) is 0 Å². The van der Waals surface area contributed by atoms with Crippen LogP contribution in [0.15, 0.2) is 12.1 Å². The number of aliphatic hydroxyl groups excluding tert-OH is 1. The number of anilines is 1. The molecule has 1 atom stereocenters. The Balaban J connectivity index is 2.26. The molecule has 1 aromatic heterocycles. The molecule has 0 amide bonds. The Labute approximate surface area is 93.3 Å². The predicted octanol–water partition coefficient (Wildman–Crippen LogP) is 1.91. The molecule has 3 nitrogen and oxygen atoms in total. The van der Waals surface area contributed by atoms with E-state index in [0.717, 1.165) is 35.6 Å². The van der Waals surface area contributed by atoms with Crippen LogP contribution in [0.5, 0.6) is 0 Å². The third-order valence-corrected chi connectivity index (χ3v) is 4.12. The summed E-state index contributed by atoms with van der Waals surface area (Å²) in [5.74, 6) is 0. The minimum absolute atomic E-state index is 0.148. The van der Waals surface area contributed by atoms with E-state index in [4.69, 9.17) is 0 Å². The van der Waals surface area contributed by atoms with Gasteiger partial charge in [-0.25, -0.2) is 0 Å². The molecule has 82 valence electrons. The smallest absolute Gasteiger partial charge is 0.160 e. The Morgan fingerprint density at radius 3 is 3.07 bits per heavy atom. The number of thiophene rings is 1. The van der Waals surface area contributed by atoms with Crippen LogP contribution in [0.3, 0.4) is 0 Å². The molecule has 0 bridgehead atoms. The van der Waals surface area contributed by atoms with Gasteiger partial charge >= 0.3 is 0 Å². The van der Waals surface area contributed by atoms with Gasteiger partial charge in [-0.15, -0.1) is 11.3 Å². The van der Waals surface area contributed by atoms with E-state index in [1.165, 1.54) is 11.3 Å². The van der Waals surface area contributed by atoms with Gasteiger partial charge in [0.1, 0.15) is 0 Å². The second-order valence-electron chi connectivity index (χ2n) is 4.20. The second kappa shape index (κ2) is 3.94. The lowest BCUT2D eigenvalue weighted by atomic mass is 10.0. The normalized spacial score (nSPS) is 25.9. The number of hydrogen-bond donors (Lipinski definition) is 1. The van der Waals surface area contributed by atoms with Gasteiger partial charge in [0, 0.05) is 6.54 Å². The average Bonchev–Trinajstić information content (AvgIpc) is 2.84. The zero-order valence-corrected chi connectivity index (χ0v) is 9.59. The summed E-state index contributed by atoms with van der Waals surface area (Å²) in [5.41, 5.74) is -0.148. The third kappa shape index (κ3) is 1.79. The Morgan fingerprint density at radius 1 is 1.67 bits per heavy atom. The maximum absolute atomic E-state index is 10.6. The van der Waals surface area contributed by atoms with Gasteiger partial charge in [-0.05, 0) is 31.9 Å². The van der Waals surface area contributed by atoms with Crippen molar-refractivity contribution in [3.05, 3.63) is 17.0 Å². The molecule has 2 heterocycles. The Morgan fingerprint density at radius 2 is 2.47 bits per heavy atom. The van der Waals surface area contributed by atoms with Crippen LogP contribution in [-0.2, 0) is 0 Å². The van der Waals surface area contributed by atoms with Crippen molar-refractivity contribution >= 4 is 22.6 Å². The van der Waals surface area contributed by atoms with Crippen LogP contribution in [-0.4, -0.2) is 30.1 Å². The summed E-state index contributed by atoms with van der Waals surface area (Å²) in [4.78, 5) is 13.6. The number of aldehydes is 1. The van der Waals surface area contributed by atoms with Gasteiger partial charge < -0.3 is 10.0 Å². The van der Waals surface area contributed by atoms with Gasteiger partial charge in [-0.1, -0.05) is 0 Å². The highest BCUT2D eigenvalue weighted by molar-refractivity contribution is 7.17. The van der Waals surface area contributed by atoms with Gasteiger partial charge in [0.05, 0.1) is 22.0 Å². The molecule has 0 aromatic carbocycles. The topological polar surface area (TPSA) is 40.5 Å². The molecule has 15 heavy (non-hydrogen) atoms. The predicted molar refractivity (Wildman–Crippen MR) is 61.8 cm³/mol. The fourth-order valence-corrected chi connectivity index (χ4v) is 3.10. The summed E-state index contributed by atoms with van der Waals surface area (Å²) < 4.78 is 0. The maximum Gasteiger partial charge on any atom is 0.160 e. The van der Waals surface area contributed by atoms with Crippen molar-refractivity contribution in [2.75, 3.05) is 18.1 Å². The van der Waals surface area contributed by atoms with E-state index in [2.05, 4.69) is 11.8 Å². The second-order valence-corrected chi connectivity index (χ2v) is 5.30. The first-order valence-corrected chi connectivity index (χ1v) is 5.95. The molecule has 1 aromatic rings. The molecule has 1 N–H and O–H groups in total. The van der Waals surface area contributed by atoms with E-state index < -0.39 is 0 Å². The molecule has 0 spiro atoms. The molecule has 4 heteroatoms. The quantitative estimate of drug-likeness (QED) is 0.799. The molecule has 0 saturated carbocycles. The molecule has 0 aliphatic carbocycles. The molecular weight excluding hydrogens is 210 g/mol. The highest BCUT2D eigenvalue weighted by atomic mass is 32.1. The van der Waals surface area contributed by atoms with E-state index in [0.29, 0.717) is 0 Å². The monoisotopic (exact) mass is 225 g/mol. The first-order chi connectivity index (χ1) is 7.19. The summed E-state index contributed by atoms with van der Waals surface area (Å²) >= 11 is 1.49. The van der Waals surface area contributed by atoms with Crippen LogP contribution in [0.1, 0.15) is 29.4 Å². The number of carbonyl (C=O) groups is 1. The van der Waals surface area contributed by atoms with Gasteiger partial charge in [-0.3, -0.25) is 4.79 Å². The molecule has 0 radical (unpaired) electrons. The Hall–Kier alpha value is -0.870. The van der Waals surface area contributed by atoms with E-state index >= 15 is 0 Å². The summed E-state index contributed by atoms with van der Waals surface area (Å²) in [5, 5.41) is 10.5. The molecule has 1 unspecified atom stereocenters. The zero-order chi connectivity index (χ0) is 10.9. The molecule has 1 aliphatic heterocycles. The van der Waals surface area contributed by atoms with E-state index in [-0.39, 0.29) is 12.1 Å². The lowest BCUT2D eigenvalue weighted by molar-refractivity contribution is 0.112. The van der Waals surface area contributed by atoms with Crippen molar-refractivity contribution in [1.82, 2.24) is 0 Å². The first-order valence-electron chi connectivity index (χ1n) is 5.13. The first kappa shape index (κ1) is 10.6. The van der Waals surface area contributed by atoms with Crippen molar-refractivity contribution in [2.24, 2.45) is 0 Å². The van der Waals surface area contributed by atoms with Crippen LogP contribution in [0, 0.1) is 0 Å². The minimum atomic E-state index is -0.148. The number of carbonyl (C=O) groups excluding carboxylic acids is 1. The minimum Gasteiger partial charge on any atom is -0.394 e. The molecule has 1 fully saturated rings. The summed E-state index contributed by atoms with van der Waals surface area (Å²) in [6.45, 7) is 3.21. The lowest BCUT2D eigenvalue weighted by Gasteiger charge is -2.34. The van der Waals surface area contributed by atoms with Crippen molar-refractivity contribution in [3.8, 4) is 0 Å². The fourth-order valence-electron chi connectivity index (χ4n) is 2.11. The Kier molecular flexibility index (Phi) is 2.80. The van der Waals surface area contributed by atoms with E-state index in [1.54, 1.807) is 0 Å². The standard InChI is InChI=1S/C11H15NO2S/c1-11(8-14)5-2-6-12(11)10-4-3-9(7-13)15-10/h3-4,7,14H,2,5-6,8H2,1H3. The van der Waals surface area contributed by atoms with Crippen molar-refractivity contribution in [3.63, 3.8) is 0 Å². The van der Waals surface area contributed by atoms with Crippen LogP contribution < -0.4 is 4.90 Å². The summed E-state index contributed by atoms with van der Waals surface area (Å²) in [6, 6.07) is 3.80. The Bertz CT molecular complexity index is 363. The molecule has 2 rings (SSSR count).